The zero-order chi connectivity index (χ0) is 12.0. The number of carboxylic acid groups (broad SMARTS) is 1. The van der Waals surface area contributed by atoms with E-state index in [0.29, 0.717) is 5.56 Å². The number of rotatable bonds is 6. The van der Waals surface area contributed by atoms with Crippen molar-refractivity contribution in [2.24, 2.45) is 5.92 Å². The van der Waals surface area contributed by atoms with Gasteiger partial charge in [0.15, 0.2) is 0 Å². The van der Waals surface area contributed by atoms with E-state index >= 15 is 0 Å². The molecule has 1 unspecified atom stereocenters. The molecule has 1 aromatic carbocycles. The van der Waals surface area contributed by atoms with E-state index in [2.05, 4.69) is 13.8 Å². The quantitative estimate of drug-likeness (QED) is 0.821. The molecule has 88 valence electrons. The molecule has 0 fully saturated rings. The third kappa shape index (κ3) is 4.27. The summed E-state index contributed by atoms with van der Waals surface area (Å²) in [4.78, 5) is 10.8. The molecule has 1 aromatic rings. The summed E-state index contributed by atoms with van der Waals surface area (Å²) in [6.45, 7) is 4.43. The number of hydrogen-bond donors (Lipinski definition) is 1. The average molecular weight is 238 g/mol. The Balaban J connectivity index is 2.48. The van der Waals surface area contributed by atoms with Crippen LogP contribution in [0.4, 0.5) is 0 Å². The predicted molar refractivity (Wildman–Crippen MR) is 69.0 cm³/mol. The van der Waals surface area contributed by atoms with Crippen LogP contribution in [-0.4, -0.2) is 16.8 Å². The largest absolute Gasteiger partial charge is 0.478 e. The highest BCUT2D eigenvalue weighted by Crippen LogP contribution is 2.17. The van der Waals surface area contributed by atoms with Crippen molar-refractivity contribution in [2.45, 2.75) is 26.0 Å². The fourth-order valence-electron chi connectivity index (χ4n) is 1.29. The molecular weight excluding hydrogens is 220 g/mol. The molecular formula is C13H18O2S. The number of hydrogen-bond acceptors (Lipinski definition) is 2. The molecule has 0 aliphatic heterocycles. The van der Waals surface area contributed by atoms with Gasteiger partial charge >= 0.3 is 5.97 Å². The second kappa shape index (κ2) is 6.59. The average Bonchev–Trinajstić information content (AvgIpc) is 2.29. The van der Waals surface area contributed by atoms with Gasteiger partial charge in [-0.1, -0.05) is 32.4 Å². The van der Waals surface area contributed by atoms with E-state index in [-0.39, 0.29) is 0 Å². The summed E-state index contributed by atoms with van der Waals surface area (Å²) in [7, 11) is 0. The zero-order valence-corrected chi connectivity index (χ0v) is 10.6. The van der Waals surface area contributed by atoms with Crippen LogP contribution in [0.3, 0.4) is 0 Å². The van der Waals surface area contributed by atoms with E-state index in [1.807, 2.05) is 23.9 Å². The number of thioether (sulfide) groups is 1. The van der Waals surface area contributed by atoms with E-state index < -0.39 is 5.97 Å². The van der Waals surface area contributed by atoms with Crippen LogP contribution < -0.4 is 0 Å². The normalized spacial score (nSPS) is 12.4. The van der Waals surface area contributed by atoms with Gasteiger partial charge in [-0.25, -0.2) is 4.79 Å². The van der Waals surface area contributed by atoms with Crippen LogP contribution in [0.5, 0.6) is 0 Å². The maximum absolute atomic E-state index is 10.8. The van der Waals surface area contributed by atoms with Gasteiger partial charge in [0.25, 0.3) is 0 Å². The fraction of sp³-hybridized carbons (Fsp3) is 0.462. The summed E-state index contributed by atoms with van der Waals surface area (Å²) >= 11 is 1.87. The Hall–Kier alpha value is -0.960. The Morgan fingerprint density at radius 3 is 2.88 bits per heavy atom. The lowest BCUT2D eigenvalue weighted by atomic mass is 10.1. The maximum Gasteiger partial charge on any atom is 0.335 e. The van der Waals surface area contributed by atoms with Gasteiger partial charge in [-0.05, 0) is 29.4 Å². The highest BCUT2D eigenvalue weighted by atomic mass is 32.2. The molecule has 2 nitrogen and oxygen atoms in total. The highest BCUT2D eigenvalue weighted by molar-refractivity contribution is 7.98. The monoisotopic (exact) mass is 238 g/mol. The van der Waals surface area contributed by atoms with Crippen LogP contribution in [-0.2, 0) is 5.75 Å². The topological polar surface area (TPSA) is 37.3 Å². The number of benzene rings is 1. The molecule has 0 amide bonds. The van der Waals surface area contributed by atoms with Crippen molar-refractivity contribution >= 4 is 17.7 Å². The van der Waals surface area contributed by atoms with Crippen LogP contribution in [0, 0.1) is 5.92 Å². The molecule has 0 saturated carbocycles. The molecule has 0 heterocycles. The number of carbonyl (C=O) groups is 1. The molecule has 0 aromatic heterocycles. The first-order chi connectivity index (χ1) is 7.63. The fourth-order valence-corrected chi connectivity index (χ4v) is 2.46. The Morgan fingerprint density at radius 2 is 2.25 bits per heavy atom. The molecule has 16 heavy (non-hydrogen) atoms. The molecule has 0 radical (unpaired) electrons. The van der Waals surface area contributed by atoms with Crippen molar-refractivity contribution < 1.29 is 9.90 Å². The minimum absolute atomic E-state index is 0.377. The Kier molecular flexibility index (Phi) is 5.39. The first-order valence-electron chi connectivity index (χ1n) is 5.53. The van der Waals surface area contributed by atoms with Crippen LogP contribution in [0.15, 0.2) is 24.3 Å². The van der Waals surface area contributed by atoms with Crippen LogP contribution in [0.1, 0.15) is 36.2 Å². The van der Waals surface area contributed by atoms with Gasteiger partial charge in [0, 0.05) is 5.75 Å². The summed E-state index contributed by atoms with van der Waals surface area (Å²) in [5.74, 6) is 1.90. The Labute approximate surface area is 101 Å². The van der Waals surface area contributed by atoms with Gasteiger partial charge < -0.3 is 5.11 Å². The van der Waals surface area contributed by atoms with Crippen molar-refractivity contribution in [1.82, 2.24) is 0 Å². The van der Waals surface area contributed by atoms with Gasteiger partial charge in [-0.3, -0.25) is 0 Å². The van der Waals surface area contributed by atoms with Crippen LogP contribution >= 0.6 is 11.8 Å². The first kappa shape index (κ1) is 13.1. The van der Waals surface area contributed by atoms with Gasteiger partial charge in [0.2, 0.25) is 0 Å². The lowest BCUT2D eigenvalue weighted by Gasteiger charge is -2.07. The smallest absolute Gasteiger partial charge is 0.335 e. The number of aromatic carboxylic acids is 1. The molecule has 1 N–H and O–H groups in total. The minimum atomic E-state index is -0.853. The van der Waals surface area contributed by atoms with Gasteiger partial charge in [-0.15, -0.1) is 0 Å². The van der Waals surface area contributed by atoms with Gasteiger partial charge in [-0.2, -0.15) is 11.8 Å². The van der Waals surface area contributed by atoms with E-state index in [0.717, 1.165) is 23.0 Å². The summed E-state index contributed by atoms with van der Waals surface area (Å²) < 4.78 is 0. The molecule has 0 aliphatic rings. The predicted octanol–water partition coefficient (Wildman–Crippen LogP) is 3.66. The molecule has 0 spiro atoms. The third-order valence-electron chi connectivity index (χ3n) is 2.54. The molecule has 1 atom stereocenters. The van der Waals surface area contributed by atoms with Crippen molar-refractivity contribution in [1.29, 1.82) is 0 Å². The van der Waals surface area contributed by atoms with Crippen molar-refractivity contribution in [2.75, 3.05) is 5.75 Å². The van der Waals surface area contributed by atoms with Crippen molar-refractivity contribution in [3.05, 3.63) is 35.4 Å². The van der Waals surface area contributed by atoms with E-state index in [4.69, 9.17) is 5.11 Å². The lowest BCUT2D eigenvalue weighted by molar-refractivity contribution is 0.0697. The highest BCUT2D eigenvalue weighted by Gasteiger charge is 2.04. The maximum atomic E-state index is 10.8. The summed E-state index contributed by atoms with van der Waals surface area (Å²) in [6.07, 6.45) is 1.20. The van der Waals surface area contributed by atoms with E-state index in [9.17, 15) is 4.79 Å². The van der Waals surface area contributed by atoms with Gasteiger partial charge in [0.05, 0.1) is 5.56 Å². The molecule has 0 saturated heterocycles. The van der Waals surface area contributed by atoms with E-state index in [1.54, 1.807) is 12.1 Å². The second-order valence-electron chi connectivity index (χ2n) is 4.03. The molecule has 0 bridgehead atoms. The Bertz CT molecular complexity index is 350. The van der Waals surface area contributed by atoms with Crippen molar-refractivity contribution in [3.8, 4) is 0 Å². The summed E-state index contributed by atoms with van der Waals surface area (Å²) in [5.41, 5.74) is 1.47. The van der Waals surface area contributed by atoms with Crippen LogP contribution in [0.25, 0.3) is 0 Å². The third-order valence-corrected chi connectivity index (χ3v) is 3.88. The molecule has 1 rings (SSSR count). The molecule has 3 heteroatoms. The lowest BCUT2D eigenvalue weighted by Crippen LogP contribution is -1.98. The Morgan fingerprint density at radius 1 is 1.50 bits per heavy atom. The standard InChI is InChI=1S/C13H18O2S/c1-3-10(2)8-16-9-11-5-4-6-12(7-11)13(14)15/h4-7,10H,3,8-9H2,1-2H3,(H,14,15). The zero-order valence-electron chi connectivity index (χ0n) is 9.77. The molecule has 0 aliphatic carbocycles. The second-order valence-corrected chi connectivity index (χ2v) is 5.06. The summed E-state index contributed by atoms with van der Waals surface area (Å²) in [5, 5.41) is 8.85. The van der Waals surface area contributed by atoms with Crippen molar-refractivity contribution in [3.63, 3.8) is 0 Å². The van der Waals surface area contributed by atoms with Gasteiger partial charge in [0.1, 0.15) is 0 Å². The number of carboxylic acids is 1. The summed E-state index contributed by atoms with van der Waals surface area (Å²) in [6, 6.07) is 7.18. The van der Waals surface area contributed by atoms with E-state index in [1.165, 1.54) is 6.42 Å². The first-order valence-corrected chi connectivity index (χ1v) is 6.69. The van der Waals surface area contributed by atoms with Crippen LogP contribution in [0.2, 0.25) is 0 Å². The SMILES string of the molecule is CCC(C)CSCc1cccc(C(=O)O)c1. The minimum Gasteiger partial charge on any atom is -0.478 e.